The van der Waals surface area contributed by atoms with Gasteiger partial charge < -0.3 is 10.1 Å². The maximum atomic E-state index is 13.0. The van der Waals surface area contributed by atoms with Crippen LogP contribution in [0.2, 0.25) is 5.02 Å². The fourth-order valence-electron chi connectivity index (χ4n) is 3.47. The summed E-state index contributed by atoms with van der Waals surface area (Å²) in [4.78, 5) is 28.9. The molecule has 2 atom stereocenters. The van der Waals surface area contributed by atoms with Crippen LogP contribution in [0.5, 0.6) is 0 Å². The van der Waals surface area contributed by atoms with E-state index in [9.17, 15) is 22.8 Å². The van der Waals surface area contributed by atoms with Crippen molar-refractivity contribution in [2.45, 2.75) is 38.1 Å². The van der Waals surface area contributed by atoms with Gasteiger partial charge in [-0.3, -0.25) is 14.5 Å². The number of methoxy groups -OCH3 is 1. The molecular formula is C20H20ClF3N2O3S. The Morgan fingerprint density at radius 2 is 2.03 bits per heavy atom. The Hall–Kier alpha value is -2.10. The van der Waals surface area contributed by atoms with Crippen molar-refractivity contribution in [3.63, 3.8) is 0 Å². The summed E-state index contributed by atoms with van der Waals surface area (Å²) in [6.07, 6.45) is -4.29. The number of hydrogen-bond donors (Lipinski definition) is 1. The molecule has 0 bridgehead atoms. The summed E-state index contributed by atoms with van der Waals surface area (Å²) in [7, 11) is 1.30. The predicted octanol–water partition coefficient (Wildman–Crippen LogP) is 4.27. The number of alkyl halides is 3. The Kier molecular flexibility index (Phi) is 6.74. The minimum atomic E-state index is -4.58. The Morgan fingerprint density at radius 1 is 1.30 bits per heavy atom. The molecular weight excluding hydrogens is 441 g/mol. The SMILES string of the molecule is COC(=O)[C@@H]1C[C@@H](NC(=O)c2cc(C(F)(F)F)ccc2Cl)CN1Cc1ccc(C)s1. The van der Waals surface area contributed by atoms with E-state index in [0.717, 1.165) is 28.0 Å². The van der Waals surface area contributed by atoms with Gasteiger partial charge in [-0.15, -0.1) is 11.3 Å². The molecule has 1 aliphatic rings. The molecule has 0 aliphatic carbocycles. The highest BCUT2D eigenvalue weighted by Crippen LogP contribution is 2.32. The van der Waals surface area contributed by atoms with Crippen LogP contribution < -0.4 is 5.32 Å². The number of thiophene rings is 1. The first-order chi connectivity index (χ1) is 14.1. The second-order valence-electron chi connectivity index (χ2n) is 7.08. The van der Waals surface area contributed by atoms with Crippen LogP contribution in [0.15, 0.2) is 30.3 Å². The zero-order chi connectivity index (χ0) is 22.1. The van der Waals surface area contributed by atoms with Gasteiger partial charge in [-0.25, -0.2) is 0 Å². The molecule has 30 heavy (non-hydrogen) atoms. The third-order valence-corrected chi connectivity index (χ3v) is 6.22. The first-order valence-electron chi connectivity index (χ1n) is 9.13. The van der Waals surface area contributed by atoms with E-state index in [-0.39, 0.29) is 10.6 Å². The number of aryl methyl sites for hydroxylation is 1. The summed E-state index contributed by atoms with van der Waals surface area (Å²) in [6.45, 7) is 2.85. The van der Waals surface area contributed by atoms with Gasteiger partial charge in [0.1, 0.15) is 6.04 Å². The van der Waals surface area contributed by atoms with Gasteiger partial charge in [0, 0.05) is 28.9 Å². The third-order valence-electron chi connectivity index (χ3n) is 4.91. The van der Waals surface area contributed by atoms with Crippen molar-refractivity contribution in [3.8, 4) is 0 Å². The number of likely N-dealkylation sites (tertiary alicyclic amines) is 1. The quantitative estimate of drug-likeness (QED) is 0.677. The van der Waals surface area contributed by atoms with E-state index in [1.807, 2.05) is 24.0 Å². The molecule has 1 fully saturated rings. The van der Waals surface area contributed by atoms with E-state index in [4.69, 9.17) is 16.3 Å². The molecule has 1 aromatic carbocycles. The van der Waals surface area contributed by atoms with Crippen molar-refractivity contribution in [2.24, 2.45) is 0 Å². The highest BCUT2D eigenvalue weighted by Gasteiger charge is 2.39. The highest BCUT2D eigenvalue weighted by atomic mass is 35.5. The second kappa shape index (κ2) is 8.95. The van der Waals surface area contributed by atoms with E-state index in [1.165, 1.54) is 7.11 Å². The van der Waals surface area contributed by atoms with Crippen LogP contribution in [0.3, 0.4) is 0 Å². The van der Waals surface area contributed by atoms with Crippen molar-refractivity contribution in [2.75, 3.05) is 13.7 Å². The molecule has 2 heterocycles. The number of esters is 1. The number of nitrogens with one attached hydrogen (secondary N) is 1. The predicted molar refractivity (Wildman–Crippen MR) is 108 cm³/mol. The van der Waals surface area contributed by atoms with Crippen molar-refractivity contribution in [3.05, 3.63) is 56.2 Å². The summed E-state index contributed by atoms with van der Waals surface area (Å²) >= 11 is 7.56. The number of hydrogen-bond acceptors (Lipinski definition) is 5. The van der Waals surface area contributed by atoms with Crippen LogP contribution in [0.4, 0.5) is 13.2 Å². The van der Waals surface area contributed by atoms with Gasteiger partial charge in [0.15, 0.2) is 0 Å². The molecule has 1 N–H and O–H groups in total. The molecule has 3 rings (SSSR count). The lowest BCUT2D eigenvalue weighted by Gasteiger charge is -2.21. The molecule has 2 aromatic rings. The smallest absolute Gasteiger partial charge is 0.416 e. The number of halogens is 4. The van der Waals surface area contributed by atoms with E-state index < -0.39 is 35.7 Å². The summed E-state index contributed by atoms with van der Waals surface area (Å²) in [5.74, 6) is -1.13. The summed E-state index contributed by atoms with van der Waals surface area (Å²) in [5.41, 5.74) is -1.21. The minimum absolute atomic E-state index is 0.0751. The fourth-order valence-corrected chi connectivity index (χ4v) is 4.59. The molecule has 1 aromatic heterocycles. The number of carbonyl (C=O) groups excluding carboxylic acids is 2. The average Bonchev–Trinajstić information content (AvgIpc) is 3.26. The first kappa shape index (κ1) is 22.6. The van der Waals surface area contributed by atoms with Crippen LogP contribution >= 0.6 is 22.9 Å². The topological polar surface area (TPSA) is 58.6 Å². The minimum Gasteiger partial charge on any atom is -0.468 e. The maximum absolute atomic E-state index is 13.0. The zero-order valence-corrected chi connectivity index (χ0v) is 17.8. The monoisotopic (exact) mass is 460 g/mol. The van der Waals surface area contributed by atoms with Crippen LogP contribution in [0.1, 0.15) is 32.1 Å². The molecule has 0 spiro atoms. The zero-order valence-electron chi connectivity index (χ0n) is 16.3. The molecule has 0 unspecified atom stereocenters. The van der Waals surface area contributed by atoms with Crippen LogP contribution in [0.25, 0.3) is 0 Å². The normalized spacial score (nSPS) is 19.7. The molecule has 1 amide bonds. The van der Waals surface area contributed by atoms with E-state index in [0.29, 0.717) is 19.5 Å². The number of amides is 1. The summed E-state index contributed by atoms with van der Waals surface area (Å²) < 4.78 is 43.8. The first-order valence-corrected chi connectivity index (χ1v) is 10.3. The van der Waals surface area contributed by atoms with Gasteiger partial charge in [0.2, 0.25) is 0 Å². The Morgan fingerprint density at radius 3 is 2.63 bits per heavy atom. The number of rotatable bonds is 5. The lowest BCUT2D eigenvalue weighted by atomic mass is 10.1. The van der Waals surface area contributed by atoms with Crippen LogP contribution in [-0.4, -0.2) is 42.5 Å². The molecule has 10 heteroatoms. The van der Waals surface area contributed by atoms with Gasteiger partial charge in [-0.05, 0) is 43.7 Å². The molecule has 1 saturated heterocycles. The Balaban J connectivity index is 1.75. The molecule has 162 valence electrons. The van der Waals surface area contributed by atoms with Crippen molar-refractivity contribution in [1.82, 2.24) is 10.2 Å². The van der Waals surface area contributed by atoms with Crippen molar-refractivity contribution >= 4 is 34.8 Å². The van der Waals surface area contributed by atoms with E-state index >= 15 is 0 Å². The van der Waals surface area contributed by atoms with Gasteiger partial charge in [0.05, 0.1) is 23.3 Å². The summed E-state index contributed by atoms with van der Waals surface area (Å²) in [6, 6.07) is 5.58. The van der Waals surface area contributed by atoms with Crippen molar-refractivity contribution < 1.29 is 27.5 Å². The second-order valence-corrected chi connectivity index (χ2v) is 8.86. The van der Waals surface area contributed by atoms with Crippen molar-refractivity contribution in [1.29, 1.82) is 0 Å². The molecule has 1 aliphatic heterocycles. The van der Waals surface area contributed by atoms with E-state index in [2.05, 4.69) is 5.32 Å². The fraction of sp³-hybridized carbons (Fsp3) is 0.400. The third kappa shape index (κ3) is 5.14. The number of ether oxygens (including phenoxy) is 1. The van der Waals surface area contributed by atoms with Gasteiger partial charge >= 0.3 is 12.1 Å². The maximum Gasteiger partial charge on any atom is 0.416 e. The lowest BCUT2D eigenvalue weighted by molar-refractivity contribution is -0.146. The highest BCUT2D eigenvalue weighted by molar-refractivity contribution is 7.11. The van der Waals surface area contributed by atoms with Gasteiger partial charge in [0.25, 0.3) is 5.91 Å². The largest absolute Gasteiger partial charge is 0.468 e. The standard InChI is InChI=1S/C20H20ClF3N2O3S/c1-11-3-5-14(30-11)10-26-9-13(8-17(26)19(28)29-2)25-18(27)15-7-12(20(22,23)24)4-6-16(15)21/h3-7,13,17H,8-10H2,1-2H3,(H,25,27)/t13-,17+/m1/s1. The Bertz CT molecular complexity index is 948. The molecule has 5 nitrogen and oxygen atoms in total. The van der Waals surface area contributed by atoms with Gasteiger partial charge in [-0.2, -0.15) is 13.2 Å². The number of nitrogens with zero attached hydrogens (tertiary/aromatic N) is 1. The lowest BCUT2D eigenvalue weighted by Crippen LogP contribution is -2.37. The number of carbonyl (C=O) groups is 2. The van der Waals surface area contributed by atoms with Crippen LogP contribution in [-0.2, 0) is 22.3 Å². The molecule has 0 saturated carbocycles. The van der Waals surface area contributed by atoms with E-state index in [1.54, 1.807) is 11.3 Å². The number of benzene rings is 1. The summed E-state index contributed by atoms with van der Waals surface area (Å²) in [5, 5.41) is 2.63. The van der Waals surface area contributed by atoms with Crippen LogP contribution in [0, 0.1) is 6.92 Å². The van der Waals surface area contributed by atoms with Gasteiger partial charge in [-0.1, -0.05) is 11.6 Å². The Labute approximate surface area is 180 Å². The average molecular weight is 461 g/mol. The molecule has 0 radical (unpaired) electrons.